The van der Waals surface area contributed by atoms with E-state index >= 15 is 0 Å². The van der Waals surface area contributed by atoms with Crippen molar-refractivity contribution in [2.24, 2.45) is 5.10 Å². The molecule has 3 aromatic carbocycles. The van der Waals surface area contributed by atoms with Crippen LogP contribution in [-0.4, -0.2) is 33.3 Å². The summed E-state index contributed by atoms with van der Waals surface area (Å²) in [6.07, 6.45) is 2.47. The summed E-state index contributed by atoms with van der Waals surface area (Å²) >= 11 is 6.09. The number of carbonyl (C=O) groups excluding carboxylic acids is 1. The average Bonchev–Trinajstić information content (AvgIpc) is 2.77. The van der Waals surface area contributed by atoms with Crippen molar-refractivity contribution in [1.29, 1.82) is 0 Å². The van der Waals surface area contributed by atoms with Crippen LogP contribution in [0.25, 0.3) is 0 Å². The highest BCUT2D eigenvalue weighted by Crippen LogP contribution is 2.26. The van der Waals surface area contributed by atoms with E-state index in [1.807, 2.05) is 30.3 Å². The number of hydrogen-bond acceptors (Lipinski definition) is 5. The fourth-order valence-corrected chi connectivity index (χ4v) is 3.93. The van der Waals surface area contributed by atoms with Crippen LogP contribution in [0, 0.1) is 0 Å². The lowest BCUT2D eigenvalue weighted by Gasteiger charge is -2.22. The van der Waals surface area contributed by atoms with Crippen molar-refractivity contribution in [2.75, 3.05) is 17.1 Å². The van der Waals surface area contributed by atoms with Crippen LogP contribution in [0.1, 0.15) is 11.1 Å². The first-order valence-corrected chi connectivity index (χ1v) is 11.9. The topological polar surface area (TPSA) is 88.1 Å². The molecule has 0 aliphatic rings. The van der Waals surface area contributed by atoms with Gasteiger partial charge in [-0.3, -0.25) is 9.10 Å². The van der Waals surface area contributed by atoms with Gasteiger partial charge in [-0.05, 0) is 47.5 Å². The first kappa shape index (κ1) is 23.3. The molecule has 0 aromatic heterocycles. The number of carbonyl (C=O) groups is 1. The Kier molecular flexibility index (Phi) is 7.86. The predicted molar refractivity (Wildman–Crippen MR) is 127 cm³/mol. The zero-order chi connectivity index (χ0) is 23.0. The Labute approximate surface area is 192 Å². The number of ether oxygens (including phenoxy) is 1. The summed E-state index contributed by atoms with van der Waals surface area (Å²) in [5.74, 6) is 0.105. The third-order valence-corrected chi connectivity index (χ3v) is 5.79. The van der Waals surface area contributed by atoms with E-state index in [4.69, 9.17) is 16.3 Å². The van der Waals surface area contributed by atoms with E-state index in [9.17, 15) is 13.2 Å². The summed E-state index contributed by atoms with van der Waals surface area (Å²) in [4.78, 5) is 12.3. The lowest BCUT2D eigenvalue weighted by molar-refractivity contribution is -0.119. The zero-order valence-corrected chi connectivity index (χ0v) is 18.9. The maximum Gasteiger partial charge on any atom is 0.260 e. The fourth-order valence-electron chi connectivity index (χ4n) is 2.77. The molecule has 1 N–H and O–H groups in total. The lowest BCUT2D eigenvalue weighted by Crippen LogP contribution is -2.39. The molecule has 0 fully saturated rings. The summed E-state index contributed by atoms with van der Waals surface area (Å²) in [7, 11) is -3.72. The number of sulfonamides is 1. The van der Waals surface area contributed by atoms with Gasteiger partial charge in [0.15, 0.2) is 0 Å². The second-order valence-electron chi connectivity index (χ2n) is 6.86. The third kappa shape index (κ3) is 6.83. The van der Waals surface area contributed by atoms with Crippen LogP contribution < -0.4 is 14.5 Å². The van der Waals surface area contributed by atoms with Gasteiger partial charge >= 0.3 is 0 Å². The van der Waals surface area contributed by atoms with Crippen LogP contribution in [0.15, 0.2) is 84.0 Å². The number of amides is 1. The van der Waals surface area contributed by atoms with Crippen molar-refractivity contribution in [2.45, 2.75) is 6.61 Å². The Morgan fingerprint density at radius 2 is 1.69 bits per heavy atom. The summed E-state index contributed by atoms with van der Waals surface area (Å²) < 4.78 is 30.9. The number of halogens is 1. The summed E-state index contributed by atoms with van der Waals surface area (Å²) in [5.41, 5.74) is 4.37. The Bertz CT molecular complexity index is 1180. The van der Waals surface area contributed by atoms with Gasteiger partial charge < -0.3 is 4.74 Å². The van der Waals surface area contributed by atoms with E-state index in [-0.39, 0.29) is 10.7 Å². The molecule has 0 bridgehead atoms. The van der Waals surface area contributed by atoms with E-state index in [2.05, 4.69) is 10.5 Å². The van der Waals surface area contributed by atoms with E-state index in [1.165, 1.54) is 12.3 Å². The quantitative estimate of drug-likeness (QED) is 0.379. The molecule has 0 radical (unpaired) electrons. The van der Waals surface area contributed by atoms with E-state index < -0.39 is 22.5 Å². The number of anilines is 1. The number of benzene rings is 3. The first-order chi connectivity index (χ1) is 15.3. The number of hydrogen-bond donors (Lipinski definition) is 1. The van der Waals surface area contributed by atoms with Crippen LogP contribution in [0.3, 0.4) is 0 Å². The predicted octanol–water partition coefficient (Wildman–Crippen LogP) is 3.84. The highest BCUT2D eigenvalue weighted by atomic mass is 35.5. The third-order valence-electron chi connectivity index (χ3n) is 4.34. The lowest BCUT2D eigenvalue weighted by atomic mass is 10.2. The van der Waals surface area contributed by atoms with Gasteiger partial charge in [0.1, 0.15) is 18.9 Å². The van der Waals surface area contributed by atoms with Crippen molar-refractivity contribution < 1.29 is 17.9 Å². The normalized spacial score (nSPS) is 11.3. The second-order valence-corrected chi connectivity index (χ2v) is 9.17. The van der Waals surface area contributed by atoms with Crippen LogP contribution in [0.4, 0.5) is 5.69 Å². The highest BCUT2D eigenvalue weighted by Gasteiger charge is 2.22. The average molecular weight is 472 g/mol. The standard InChI is InChI=1S/C23H22ClN3O4S/c1-32(29,30)27(22-10-6-5-9-21(22)24)16-23(28)26-25-15-18-11-13-20(14-12-18)31-17-19-7-3-2-4-8-19/h2-15H,16-17H2,1H3,(H,26,28)/b25-15-. The molecule has 0 saturated carbocycles. The smallest absolute Gasteiger partial charge is 0.260 e. The largest absolute Gasteiger partial charge is 0.489 e. The molecule has 3 aromatic rings. The molecular weight excluding hydrogens is 450 g/mol. The maximum atomic E-state index is 12.3. The molecule has 9 heteroatoms. The van der Waals surface area contributed by atoms with Gasteiger partial charge in [-0.25, -0.2) is 13.8 Å². The number of hydrazone groups is 1. The van der Waals surface area contributed by atoms with Gasteiger partial charge in [-0.15, -0.1) is 0 Å². The minimum absolute atomic E-state index is 0.224. The Balaban J connectivity index is 1.55. The molecule has 0 spiro atoms. The Morgan fingerprint density at radius 1 is 1.03 bits per heavy atom. The molecule has 166 valence electrons. The van der Waals surface area contributed by atoms with Gasteiger partial charge in [0.25, 0.3) is 5.91 Å². The van der Waals surface area contributed by atoms with Crippen molar-refractivity contribution in [1.82, 2.24) is 5.43 Å². The number of nitrogens with one attached hydrogen (secondary N) is 1. The van der Waals surface area contributed by atoms with Crippen LogP contribution in [0.2, 0.25) is 5.02 Å². The van der Waals surface area contributed by atoms with Crippen LogP contribution in [-0.2, 0) is 21.4 Å². The summed E-state index contributed by atoms with van der Waals surface area (Å²) in [5, 5.41) is 4.12. The van der Waals surface area contributed by atoms with E-state index in [1.54, 1.807) is 42.5 Å². The molecule has 0 atom stereocenters. The Hall–Kier alpha value is -3.36. The van der Waals surface area contributed by atoms with Crippen LogP contribution >= 0.6 is 11.6 Å². The minimum Gasteiger partial charge on any atom is -0.489 e. The van der Waals surface area contributed by atoms with Crippen molar-refractivity contribution >= 4 is 39.4 Å². The Morgan fingerprint density at radius 3 is 2.34 bits per heavy atom. The monoisotopic (exact) mass is 471 g/mol. The van der Waals surface area contributed by atoms with Gasteiger partial charge in [-0.1, -0.05) is 54.1 Å². The number of nitrogens with zero attached hydrogens (tertiary/aromatic N) is 2. The van der Waals surface area contributed by atoms with Crippen LogP contribution in [0.5, 0.6) is 5.75 Å². The molecule has 1 amide bonds. The molecule has 32 heavy (non-hydrogen) atoms. The zero-order valence-electron chi connectivity index (χ0n) is 17.3. The summed E-state index contributed by atoms with van der Waals surface area (Å²) in [6, 6.07) is 23.4. The van der Waals surface area contributed by atoms with Crippen molar-refractivity contribution in [3.8, 4) is 5.75 Å². The molecule has 0 saturated heterocycles. The second kappa shape index (κ2) is 10.8. The molecular formula is C23H22ClN3O4S. The maximum absolute atomic E-state index is 12.3. The molecule has 7 nitrogen and oxygen atoms in total. The number of rotatable bonds is 9. The van der Waals surface area contributed by atoms with Gasteiger partial charge in [0.2, 0.25) is 10.0 Å². The fraction of sp³-hybridized carbons (Fsp3) is 0.130. The molecule has 3 rings (SSSR count). The van der Waals surface area contributed by atoms with Gasteiger partial charge in [0.05, 0.1) is 23.2 Å². The van der Waals surface area contributed by atoms with E-state index in [0.29, 0.717) is 12.4 Å². The van der Waals surface area contributed by atoms with Crippen molar-refractivity contribution in [3.63, 3.8) is 0 Å². The van der Waals surface area contributed by atoms with Gasteiger partial charge in [0, 0.05) is 0 Å². The molecule has 0 aliphatic carbocycles. The SMILES string of the molecule is CS(=O)(=O)N(CC(=O)N/N=C\c1ccc(OCc2ccccc2)cc1)c1ccccc1Cl. The molecule has 0 unspecified atom stereocenters. The molecule has 0 heterocycles. The van der Waals surface area contributed by atoms with Crippen molar-refractivity contribution in [3.05, 3.63) is 95.0 Å². The molecule has 0 aliphatic heterocycles. The first-order valence-electron chi connectivity index (χ1n) is 9.64. The van der Waals surface area contributed by atoms with E-state index in [0.717, 1.165) is 21.7 Å². The summed E-state index contributed by atoms with van der Waals surface area (Å²) in [6.45, 7) is 0.0127. The van der Waals surface area contributed by atoms with Gasteiger partial charge in [-0.2, -0.15) is 5.10 Å². The number of para-hydroxylation sites is 1. The minimum atomic E-state index is -3.72. The highest BCUT2D eigenvalue weighted by molar-refractivity contribution is 7.92.